The molecule has 1 aliphatic rings. The van der Waals surface area contributed by atoms with Crippen LogP contribution in [0.25, 0.3) is 0 Å². The van der Waals surface area contributed by atoms with Crippen molar-refractivity contribution in [2.75, 3.05) is 6.54 Å². The summed E-state index contributed by atoms with van der Waals surface area (Å²) in [5.41, 5.74) is 1.39. The number of aliphatic hydroxyl groups is 1. The van der Waals surface area contributed by atoms with Gasteiger partial charge in [0.05, 0.1) is 11.5 Å². The van der Waals surface area contributed by atoms with E-state index in [9.17, 15) is 9.90 Å². The van der Waals surface area contributed by atoms with Crippen LogP contribution >= 0.6 is 11.6 Å². The number of carbonyl (C=O) groups is 1. The Kier molecular flexibility index (Phi) is 4.19. The lowest BCUT2D eigenvalue weighted by Gasteiger charge is -2.18. The Bertz CT molecular complexity index is 651. The van der Waals surface area contributed by atoms with Crippen molar-refractivity contribution >= 4 is 17.5 Å². The summed E-state index contributed by atoms with van der Waals surface area (Å²) in [6.07, 6.45) is 0.993. The van der Waals surface area contributed by atoms with Gasteiger partial charge in [-0.15, -0.1) is 0 Å². The summed E-state index contributed by atoms with van der Waals surface area (Å²) in [7, 11) is 0. The highest BCUT2D eigenvalue weighted by atomic mass is 35.5. The third-order valence-electron chi connectivity index (χ3n) is 4.22. The second kappa shape index (κ2) is 6.11. The molecule has 0 aromatic heterocycles. The topological polar surface area (TPSA) is 49.3 Å². The molecule has 1 atom stereocenters. The maximum atomic E-state index is 12.5. The number of hydrogen-bond acceptors (Lipinski definition) is 2. The molecule has 2 N–H and O–H groups in total. The van der Waals surface area contributed by atoms with Crippen LogP contribution in [-0.2, 0) is 10.2 Å². The van der Waals surface area contributed by atoms with Gasteiger partial charge in [0.1, 0.15) is 0 Å². The standard InChI is InChI=1S/C18H18ClNO2/c19-15-8-6-13(7-9-15)16(21)12-20-17(22)18(10-11-18)14-4-2-1-3-5-14/h1-9,16,21H,10-12H2,(H,20,22). The second-order valence-electron chi connectivity index (χ2n) is 5.73. The second-order valence-corrected chi connectivity index (χ2v) is 6.16. The molecule has 0 spiro atoms. The summed E-state index contributed by atoms with van der Waals surface area (Å²) in [5, 5.41) is 13.7. The quantitative estimate of drug-likeness (QED) is 0.890. The molecule has 0 heterocycles. The first-order valence-electron chi connectivity index (χ1n) is 7.39. The zero-order valence-electron chi connectivity index (χ0n) is 12.1. The van der Waals surface area contributed by atoms with E-state index in [1.165, 1.54) is 0 Å². The van der Waals surface area contributed by atoms with Crippen LogP contribution in [-0.4, -0.2) is 17.6 Å². The minimum absolute atomic E-state index is 0.00767. The van der Waals surface area contributed by atoms with E-state index in [2.05, 4.69) is 5.32 Å². The number of hydrogen-bond donors (Lipinski definition) is 2. The summed E-state index contributed by atoms with van der Waals surface area (Å²) < 4.78 is 0. The normalized spacial score (nSPS) is 16.8. The molecule has 4 heteroatoms. The van der Waals surface area contributed by atoms with Crippen molar-refractivity contribution in [3.05, 3.63) is 70.7 Å². The number of aliphatic hydroxyl groups excluding tert-OH is 1. The van der Waals surface area contributed by atoms with Crippen molar-refractivity contribution in [1.29, 1.82) is 0 Å². The van der Waals surface area contributed by atoms with Crippen LogP contribution in [0.3, 0.4) is 0 Å². The molecular weight excluding hydrogens is 298 g/mol. The maximum Gasteiger partial charge on any atom is 0.230 e. The Morgan fingerprint density at radius 2 is 1.77 bits per heavy atom. The van der Waals surface area contributed by atoms with E-state index in [0.29, 0.717) is 5.02 Å². The fraction of sp³-hybridized carbons (Fsp3) is 0.278. The van der Waals surface area contributed by atoms with Gasteiger partial charge in [-0.05, 0) is 36.1 Å². The molecule has 22 heavy (non-hydrogen) atoms. The van der Waals surface area contributed by atoms with Gasteiger partial charge in [0, 0.05) is 11.6 Å². The van der Waals surface area contributed by atoms with Crippen molar-refractivity contribution < 1.29 is 9.90 Å². The summed E-state index contributed by atoms with van der Waals surface area (Å²) >= 11 is 5.83. The van der Waals surface area contributed by atoms with Gasteiger partial charge in [-0.25, -0.2) is 0 Å². The molecule has 3 nitrogen and oxygen atoms in total. The van der Waals surface area contributed by atoms with Gasteiger partial charge >= 0.3 is 0 Å². The van der Waals surface area contributed by atoms with Crippen molar-refractivity contribution in [3.8, 4) is 0 Å². The minimum Gasteiger partial charge on any atom is -0.387 e. The lowest BCUT2D eigenvalue weighted by Crippen LogP contribution is -2.37. The van der Waals surface area contributed by atoms with Gasteiger partial charge in [-0.2, -0.15) is 0 Å². The summed E-state index contributed by atoms with van der Waals surface area (Å²) in [6.45, 7) is 0.203. The van der Waals surface area contributed by atoms with E-state index < -0.39 is 11.5 Å². The Hall–Kier alpha value is -1.84. The molecule has 0 aliphatic heterocycles. The highest BCUT2D eigenvalue weighted by molar-refractivity contribution is 6.30. The van der Waals surface area contributed by atoms with Gasteiger partial charge in [0.2, 0.25) is 5.91 Å². The summed E-state index contributed by atoms with van der Waals surface area (Å²) in [5.74, 6) is -0.00767. The highest BCUT2D eigenvalue weighted by Gasteiger charge is 2.51. The van der Waals surface area contributed by atoms with Gasteiger partial charge in [0.15, 0.2) is 0 Å². The van der Waals surface area contributed by atoms with Crippen molar-refractivity contribution in [1.82, 2.24) is 5.32 Å². The predicted molar refractivity (Wildman–Crippen MR) is 86.8 cm³/mol. The summed E-state index contributed by atoms with van der Waals surface area (Å²) in [4.78, 5) is 12.5. The first kappa shape index (κ1) is 15.1. The van der Waals surface area contributed by atoms with Gasteiger partial charge in [0.25, 0.3) is 0 Å². The largest absolute Gasteiger partial charge is 0.387 e. The van der Waals surface area contributed by atoms with E-state index in [-0.39, 0.29) is 12.5 Å². The third-order valence-corrected chi connectivity index (χ3v) is 4.47. The van der Waals surface area contributed by atoms with Crippen LogP contribution in [0.5, 0.6) is 0 Å². The highest BCUT2D eigenvalue weighted by Crippen LogP contribution is 2.48. The lowest BCUT2D eigenvalue weighted by molar-refractivity contribution is -0.124. The van der Waals surface area contributed by atoms with E-state index in [1.54, 1.807) is 24.3 Å². The smallest absolute Gasteiger partial charge is 0.230 e. The van der Waals surface area contributed by atoms with Crippen LogP contribution in [0.15, 0.2) is 54.6 Å². The van der Waals surface area contributed by atoms with Gasteiger partial charge in [-0.1, -0.05) is 54.1 Å². The molecule has 0 radical (unpaired) electrons. The van der Waals surface area contributed by atoms with Crippen LogP contribution in [0.1, 0.15) is 30.1 Å². The molecule has 2 aromatic carbocycles. The van der Waals surface area contributed by atoms with Gasteiger partial charge in [-0.3, -0.25) is 4.79 Å². The molecular formula is C18H18ClNO2. The van der Waals surface area contributed by atoms with Crippen molar-refractivity contribution in [2.45, 2.75) is 24.4 Å². The van der Waals surface area contributed by atoms with Crippen LogP contribution in [0, 0.1) is 0 Å². The molecule has 3 rings (SSSR count). The van der Waals surface area contributed by atoms with E-state index >= 15 is 0 Å². The first-order chi connectivity index (χ1) is 10.6. The molecule has 1 aliphatic carbocycles. The van der Waals surface area contributed by atoms with Crippen LogP contribution < -0.4 is 5.32 Å². The predicted octanol–water partition coefficient (Wildman–Crippen LogP) is 3.22. The molecule has 1 amide bonds. The fourth-order valence-electron chi connectivity index (χ4n) is 2.69. The van der Waals surface area contributed by atoms with E-state index in [0.717, 1.165) is 24.0 Å². The van der Waals surface area contributed by atoms with E-state index in [1.807, 2.05) is 30.3 Å². The molecule has 0 bridgehead atoms. The molecule has 2 aromatic rings. The van der Waals surface area contributed by atoms with E-state index in [4.69, 9.17) is 11.6 Å². The Labute approximate surface area is 134 Å². The van der Waals surface area contributed by atoms with Crippen LogP contribution in [0.2, 0.25) is 5.02 Å². The fourth-order valence-corrected chi connectivity index (χ4v) is 2.82. The molecule has 1 saturated carbocycles. The number of carbonyl (C=O) groups excluding carboxylic acids is 1. The monoisotopic (exact) mass is 315 g/mol. The Morgan fingerprint density at radius 1 is 1.14 bits per heavy atom. The summed E-state index contributed by atoms with van der Waals surface area (Å²) in [6, 6.07) is 16.8. The number of amides is 1. The van der Waals surface area contributed by atoms with Crippen molar-refractivity contribution in [2.24, 2.45) is 0 Å². The molecule has 0 saturated heterocycles. The third kappa shape index (κ3) is 3.01. The number of halogens is 1. The number of benzene rings is 2. The zero-order valence-corrected chi connectivity index (χ0v) is 12.9. The number of nitrogens with one attached hydrogen (secondary N) is 1. The SMILES string of the molecule is O=C(NCC(O)c1ccc(Cl)cc1)C1(c2ccccc2)CC1. The Morgan fingerprint density at radius 3 is 2.36 bits per heavy atom. The number of rotatable bonds is 5. The average molecular weight is 316 g/mol. The maximum absolute atomic E-state index is 12.5. The minimum atomic E-state index is -0.729. The zero-order chi connectivity index (χ0) is 15.6. The first-order valence-corrected chi connectivity index (χ1v) is 7.77. The average Bonchev–Trinajstić information content (AvgIpc) is 3.36. The molecule has 1 unspecified atom stereocenters. The molecule has 114 valence electrons. The van der Waals surface area contributed by atoms with Gasteiger partial charge < -0.3 is 10.4 Å². The Balaban J connectivity index is 1.62. The molecule has 1 fully saturated rings. The lowest BCUT2D eigenvalue weighted by atomic mass is 9.95. The van der Waals surface area contributed by atoms with Crippen molar-refractivity contribution in [3.63, 3.8) is 0 Å². The van der Waals surface area contributed by atoms with Crippen LogP contribution in [0.4, 0.5) is 0 Å².